The topological polar surface area (TPSA) is 51.1 Å². The van der Waals surface area contributed by atoms with Gasteiger partial charge in [0.2, 0.25) is 5.95 Å². The van der Waals surface area contributed by atoms with Crippen LogP contribution in [0.4, 0.5) is 5.95 Å². The fraction of sp³-hybridized carbons (Fsp3) is 0.250. The fourth-order valence-corrected chi connectivity index (χ4v) is 3.03. The molecule has 2 aromatic heterocycles. The summed E-state index contributed by atoms with van der Waals surface area (Å²) in [4.78, 5) is 15.4. The van der Waals surface area contributed by atoms with Gasteiger partial charge in [-0.15, -0.1) is 0 Å². The van der Waals surface area contributed by atoms with Gasteiger partial charge in [-0.05, 0) is 29.7 Å². The van der Waals surface area contributed by atoms with Crippen LogP contribution >= 0.6 is 0 Å². The Balaban J connectivity index is 1.44. The molecule has 0 radical (unpaired) electrons. The van der Waals surface area contributed by atoms with E-state index in [0.717, 1.165) is 31.2 Å². The van der Waals surface area contributed by atoms with Gasteiger partial charge in [-0.2, -0.15) is 0 Å². The zero-order valence-corrected chi connectivity index (χ0v) is 14.0. The molecule has 0 saturated carbocycles. The molecule has 3 aromatic rings. The van der Waals surface area contributed by atoms with Crippen LogP contribution in [0.25, 0.3) is 0 Å². The van der Waals surface area contributed by atoms with E-state index in [0.29, 0.717) is 6.61 Å². The highest BCUT2D eigenvalue weighted by Gasteiger charge is 2.24. The van der Waals surface area contributed by atoms with Crippen molar-refractivity contribution in [2.75, 3.05) is 24.6 Å². The molecular weight excluding hydrogens is 312 g/mol. The molecule has 1 aromatic carbocycles. The lowest BCUT2D eigenvalue weighted by Gasteiger charge is -2.32. The molecule has 1 saturated heterocycles. The first-order valence-electron chi connectivity index (χ1n) is 8.51. The molecule has 0 amide bonds. The molecule has 5 nitrogen and oxygen atoms in total. The Morgan fingerprint density at radius 3 is 2.52 bits per heavy atom. The molecule has 0 bridgehead atoms. The van der Waals surface area contributed by atoms with Crippen LogP contribution in [0.5, 0.6) is 0 Å². The fourth-order valence-electron chi connectivity index (χ4n) is 3.03. The second kappa shape index (κ2) is 7.40. The second-order valence-electron chi connectivity index (χ2n) is 6.11. The molecule has 1 aliphatic heterocycles. The van der Waals surface area contributed by atoms with Gasteiger partial charge in [-0.25, -0.2) is 9.97 Å². The van der Waals surface area contributed by atoms with Crippen LogP contribution in [0.1, 0.15) is 22.9 Å². The summed E-state index contributed by atoms with van der Waals surface area (Å²) in [5.74, 6) is 0.747. The van der Waals surface area contributed by atoms with Gasteiger partial charge in [0.05, 0.1) is 18.8 Å². The first-order valence-corrected chi connectivity index (χ1v) is 8.51. The van der Waals surface area contributed by atoms with Gasteiger partial charge in [0.25, 0.3) is 0 Å². The van der Waals surface area contributed by atoms with Crippen LogP contribution in [-0.2, 0) is 11.2 Å². The highest BCUT2D eigenvalue weighted by Crippen LogP contribution is 2.23. The quantitative estimate of drug-likeness (QED) is 0.735. The van der Waals surface area contributed by atoms with Crippen LogP contribution in [-0.4, -0.2) is 34.6 Å². The number of nitrogens with zero attached hydrogens (tertiary/aromatic N) is 4. The van der Waals surface area contributed by atoms with E-state index in [9.17, 15) is 0 Å². The maximum Gasteiger partial charge on any atom is 0.225 e. The largest absolute Gasteiger partial charge is 0.368 e. The predicted octanol–water partition coefficient (Wildman–Crippen LogP) is 3.04. The van der Waals surface area contributed by atoms with E-state index in [4.69, 9.17) is 4.74 Å². The lowest BCUT2D eigenvalue weighted by molar-refractivity contribution is 0.0364. The molecule has 1 unspecified atom stereocenters. The van der Waals surface area contributed by atoms with Crippen LogP contribution in [0.2, 0.25) is 0 Å². The summed E-state index contributed by atoms with van der Waals surface area (Å²) in [6, 6.07) is 16.5. The van der Waals surface area contributed by atoms with E-state index >= 15 is 0 Å². The number of rotatable bonds is 4. The monoisotopic (exact) mass is 332 g/mol. The normalized spacial score (nSPS) is 17.4. The smallest absolute Gasteiger partial charge is 0.225 e. The van der Waals surface area contributed by atoms with E-state index in [1.165, 1.54) is 11.1 Å². The van der Waals surface area contributed by atoms with Gasteiger partial charge in [-0.3, -0.25) is 4.98 Å². The van der Waals surface area contributed by atoms with E-state index < -0.39 is 0 Å². The van der Waals surface area contributed by atoms with Crippen molar-refractivity contribution in [3.8, 4) is 0 Å². The minimum atomic E-state index is -0.0525. The number of pyridine rings is 1. The van der Waals surface area contributed by atoms with Crippen molar-refractivity contribution in [3.05, 3.63) is 83.9 Å². The lowest BCUT2D eigenvalue weighted by Crippen LogP contribution is -2.39. The first kappa shape index (κ1) is 15.7. The number of hydrogen-bond acceptors (Lipinski definition) is 5. The molecule has 1 atom stereocenters. The van der Waals surface area contributed by atoms with E-state index in [1.54, 1.807) is 12.4 Å². The van der Waals surface area contributed by atoms with Crippen molar-refractivity contribution < 1.29 is 4.74 Å². The van der Waals surface area contributed by atoms with Gasteiger partial charge in [-0.1, -0.05) is 36.4 Å². The molecule has 5 heteroatoms. The summed E-state index contributed by atoms with van der Waals surface area (Å²) in [6.07, 6.45) is 6.32. The Hall–Kier alpha value is -2.79. The van der Waals surface area contributed by atoms with Crippen molar-refractivity contribution in [2.45, 2.75) is 12.5 Å². The van der Waals surface area contributed by atoms with Gasteiger partial charge in [0, 0.05) is 25.1 Å². The third-order valence-electron chi connectivity index (χ3n) is 4.33. The average Bonchev–Trinajstić information content (AvgIpc) is 2.70. The third kappa shape index (κ3) is 3.83. The lowest BCUT2D eigenvalue weighted by atomic mass is 10.1. The van der Waals surface area contributed by atoms with E-state index in [2.05, 4.69) is 56.3 Å². The highest BCUT2D eigenvalue weighted by atomic mass is 16.5. The summed E-state index contributed by atoms with van der Waals surface area (Å²) in [5.41, 5.74) is 3.45. The summed E-state index contributed by atoms with van der Waals surface area (Å²) in [7, 11) is 0. The van der Waals surface area contributed by atoms with Crippen LogP contribution in [0, 0.1) is 0 Å². The highest BCUT2D eigenvalue weighted by molar-refractivity contribution is 5.31. The Kier molecular flexibility index (Phi) is 4.65. The van der Waals surface area contributed by atoms with Crippen molar-refractivity contribution >= 4 is 5.95 Å². The standard InChI is InChI=1S/C20H20N4O/c1-2-5-16(6-3-1)13-17-7-8-18(23-14-17)19-15-24(11-12-25-19)20-21-9-4-10-22-20/h1-10,14,19H,11-13,15H2. The molecule has 0 spiro atoms. The molecule has 1 aliphatic rings. The number of ether oxygens (including phenoxy) is 1. The number of aromatic nitrogens is 3. The molecule has 3 heterocycles. The molecule has 25 heavy (non-hydrogen) atoms. The minimum Gasteiger partial charge on any atom is -0.368 e. The van der Waals surface area contributed by atoms with Crippen molar-refractivity contribution in [1.29, 1.82) is 0 Å². The summed E-state index contributed by atoms with van der Waals surface area (Å²) in [5, 5.41) is 0. The first-order chi connectivity index (χ1) is 12.4. The number of benzene rings is 1. The Labute approximate surface area is 147 Å². The Morgan fingerprint density at radius 1 is 0.920 bits per heavy atom. The molecule has 126 valence electrons. The minimum absolute atomic E-state index is 0.0525. The molecule has 0 N–H and O–H groups in total. The summed E-state index contributed by atoms with van der Waals surface area (Å²) in [6.45, 7) is 2.16. The summed E-state index contributed by atoms with van der Waals surface area (Å²) >= 11 is 0. The second-order valence-corrected chi connectivity index (χ2v) is 6.11. The van der Waals surface area contributed by atoms with Crippen LogP contribution in [0.15, 0.2) is 67.1 Å². The van der Waals surface area contributed by atoms with Gasteiger partial charge >= 0.3 is 0 Å². The third-order valence-corrected chi connectivity index (χ3v) is 4.33. The Morgan fingerprint density at radius 2 is 1.76 bits per heavy atom. The van der Waals surface area contributed by atoms with Gasteiger partial charge in [0.15, 0.2) is 0 Å². The molecule has 1 fully saturated rings. The van der Waals surface area contributed by atoms with Gasteiger partial charge < -0.3 is 9.64 Å². The van der Waals surface area contributed by atoms with E-state index in [1.807, 2.05) is 18.3 Å². The number of anilines is 1. The van der Waals surface area contributed by atoms with Crippen molar-refractivity contribution in [3.63, 3.8) is 0 Å². The van der Waals surface area contributed by atoms with Crippen LogP contribution in [0.3, 0.4) is 0 Å². The van der Waals surface area contributed by atoms with E-state index in [-0.39, 0.29) is 6.10 Å². The number of hydrogen-bond donors (Lipinski definition) is 0. The maximum absolute atomic E-state index is 5.91. The zero-order valence-electron chi connectivity index (χ0n) is 14.0. The predicted molar refractivity (Wildman–Crippen MR) is 96.4 cm³/mol. The average molecular weight is 332 g/mol. The molecule has 0 aliphatic carbocycles. The Bertz CT molecular complexity index is 793. The summed E-state index contributed by atoms with van der Waals surface area (Å²) < 4.78 is 5.91. The molecule has 4 rings (SSSR count). The SMILES string of the molecule is c1ccc(Cc2ccc(C3CN(c4ncccn4)CCO3)nc2)cc1. The van der Waals surface area contributed by atoms with Crippen molar-refractivity contribution in [2.24, 2.45) is 0 Å². The van der Waals surface area contributed by atoms with Gasteiger partial charge in [0.1, 0.15) is 6.10 Å². The maximum atomic E-state index is 5.91. The molecular formula is C20H20N4O. The van der Waals surface area contributed by atoms with Crippen LogP contribution < -0.4 is 4.90 Å². The zero-order chi connectivity index (χ0) is 16.9. The number of morpholine rings is 1. The van der Waals surface area contributed by atoms with Crippen molar-refractivity contribution in [1.82, 2.24) is 15.0 Å².